The summed E-state index contributed by atoms with van der Waals surface area (Å²) in [6.07, 6.45) is 0.560. The fraction of sp³-hybridized carbons (Fsp3) is 0.212. The lowest BCUT2D eigenvalue weighted by atomic mass is 9.98. The molecule has 12 nitrogen and oxygen atoms in total. The summed E-state index contributed by atoms with van der Waals surface area (Å²) in [5.41, 5.74) is 5.92. The highest BCUT2D eigenvalue weighted by atomic mass is 16.5. The van der Waals surface area contributed by atoms with Gasteiger partial charge in [0, 0.05) is 19.3 Å². The number of amides is 4. The molecule has 2 heterocycles. The quantitative estimate of drug-likeness (QED) is 0.0932. The molecule has 0 fully saturated rings. The SMILES string of the molecule is O=C1COc2ccc(cc2)C[C@@H](C(=O)O)NC(=O)[C@H](CCc2ccccc2)NC(=O)[C@@H](Cc2ccc(-c3ccccc3)cc2)NC(=O)[C@H](Cc2ccc(OCc3ccccc3)cc2)N1. The smallest absolute Gasteiger partial charge is 0.326 e. The number of aliphatic carboxylic acids is 1. The zero-order valence-corrected chi connectivity index (χ0v) is 35.2. The van der Waals surface area contributed by atoms with E-state index in [1.54, 1.807) is 36.4 Å². The van der Waals surface area contributed by atoms with Crippen molar-refractivity contribution in [3.63, 3.8) is 0 Å². The van der Waals surface area contributed by atoms with Gasteiger partial charge in [0.15, 0.2) is 6.61 Å². The van der Waals surface area contributed by atoms with Crippen LogP contribution >= 0.6 is 0 Å². The molecule has 0 unspecified atom stereocenters. The van der Waals surface area contributed by atoms with Gasteiger partial charge in [0.2, 0.25) is 17.7 Å². The highest BCUT2D eigenvalue weighted by molar-refractivity contribution is 5.95. The summed E-state index contributed by atoms with van der Waals surface area (Å²) in [5.74, 6) is -2.86. The molecule has 2 aliphatic heterocycles. The number of ether oxygens (including phenoxy) is 2. The Hall–Kier alpha value is -7.73. The first-order chi connectivity index (χ1) is 31.1. The molecule has 0 aliphatic carbocycles. The van der Waals surface area contributed by atoms with Crippen LogP contribution in [0.25, 0.3) is 11.1 Å². The Morgan fingerprint density at radius 3 is 1.67 bits per heavy atom. The fourth-order valence-corrected chi connectivity index (χ4v) is 7.40. The molecule has 64 heavy (non-hydrogen) atoms. The molecule has 0 aromatic heterocycles. The zero-order valence-electron chi connectivity index (χ0n) is 35.2. The predicted octanol–water partition coefficient (Wildman–Crippen LogP) is 6.01. The van der Waals surface area contributed by atoms with Crippen molar-refractivity contribution in [2.24, 2.45) is 0 Å². The van der Waals surface area contributed by atoms with Crippen LogP contribution in [-0.4, -0.2) is 65.5 Å². The van der Waals surface area contributed by atoms with Crippen molar-refractivity contribution < 1.29 is 38.6 Å². The molecule has 5 N–H and O–H groups in total. The van der Waals surface area contributed by atoms with Crippen molar-refractivity contribution in [2.75, 3.05) is 6.61 Å². The molecule has 0 spiro atoms. The minimum atomic E-state index is -1.33. The number of aryl methyl sites for hydroxylation is 1. The van der Waals surface area contributed by atoms with Gasteiger partial charge in [-0.2, -0.15) is 0 Å². The Morgan fingerprint density at radius 2 is 1.06 bits per heavy atom. The largest absolute Gasteiger partial charge is 0.489 e. The number of carbonyl (C=O) groups is 5. The molecule has 0 saturated heterocycles. The number of fused-ring (bicyclic) bond motifs is 16. The molecular weight excluding hydrogens is 809 g/mol. The van der Waals surface area contributed by atoms with E-state index in [1.165, 1.54) is 0 Å². The molecule has 6 aromatic carbocycles. The minimum Gasteiger partial charge on any atom is -0.489 e. The van der Waals surface area contributed by atoms with E-state index in [0.717, 1.165) is 27.8 Å². The maximum absolute atomic E-state index is 14.5. The third kappa shape index (κ3) is 12.9. The Kier molecular flexibility index (Phi) is 15.1. The lowest BCUT2D eigenvalue weighted by Crippen LogP contribution is -2.59. The summed E-state index contributed by atoms with van der Waals surface area (Å²) in [7, 11) is 0. The molecule has 12 heteroatoms. The van der Waals surface area contributed by atoms with Crippen LogP contribution in [-0.2, 0) is 56.3 Å². The lowest BCUT2D eigenvalue weighted by molar-refractivity contribution is -0.142. The van der Waals surface area contributed by atoms with Crippen LogP contribution in [0.5, 0.6) is 11.5 Å². The van der Waals surface area contributed by atoms with E-state index in [0.29, 0.717) is 35.7 Å². The molecule has 2 bridgehead atoms. The Morgan fingerprint density at radius 1 is 0.547 bits per heavy atom. The number of nitrogens with one attached hydrogen (secondary N) is 4. The average Bonchev–Trinajstić information content (AvgIpc) is 3.32. The molecular formula is C52H50N4O8. The first-order valence-electron chi connectivity index (χ1n) is 21.2. The molecule has 6 aromatic rings. The van der Waals surface area contributed by atoms with Crippen LogP contribution in [0, 0.1) is 0 Å². The molecule has 4 atom stereocenters. The summed E-state index contributed by atoms with van der Waals surface area (Å²) in [6.45, 7) is -0.0542. The van der Waals surface area contributed by atoms with Crippen molar-refractivity contribution >= 4 is 29.6 Å². The second kappa shape index (κ2) is 21.9. The predicted molar refractivity (Wildman–Crippen MR) is 242 cm³/mol. The van der Waals surface area contributed by atoms with Crippen molar-refractivity contribution in [3.8, 4) is 22.6 Å². The van der Waals surface area contributed by atoms with E-state index in [1.807, 2.05) is 127 Å². The lowest BCUT2D eigenvalue weighted by Gasteiger charge is -2.26. The van der Waals surface area contributed by atoms with Crippen LogP contribution in [0.4, 0.5) is 0 Å². The van der Waals surface area contributed by atoms with Gasteiger partial charge in [-0.25, -0.2) is 4.79 Å². The van der Waals surface area contributed by atoms with Gasteiger partial charge in [0.05, 0.1) is 0 Å². The van der Waals surface area contributed by atoms with Gasteiger partial charge in [0.25, 0.3) is 5.91 Å². The molecule has 2 aliphatic rings. The number of hydrogen-bond donors (Lipinski definition) is 5. The highest BCUT2D eigenvalue weighted by Gasteiger charge is 2.32. The second-order valence-electron chi connectivity index (χ2n) is 15.7. The zero-order chi connectivity index (χ0) is 44.7. The normalized spacial score (nSPS) is 18.4. The number of carboxylic acid groups (broad SMARTS) is 1. The first kappa shape index (κ1) is 44.3. The van der Waals surface area contributed by atoms with E-state index < -0.39 is 60.4 Å². The number of carbonyl (C=O) groups excluding carboxylic acids is 4. The summed E-state index contributed by atoms with van der Waals surface area (Å²) in [5, 5.41) is 21.4. The van der Waals surface area contributed by atoms with E-state index in [-0.39, 0.29) is 25.7 Å². The fourth-order valence-electron chi connectivity index (χ4n) is 7.40. The summed E-state index contributed by atoms with van der Waals surface area (Å²) in [4.78, 5) is 69.1. The van der Waals surface area contributed by atoms with Crippen molar-refractivity contribution in [3.05, 3.63) is 192 Å². The van der Waals surface area contributed by atoms with Gasteiger partial charge < -0.3 is 35.8 Å². The Balaban J connectivity index is 1.18. The van der Waals surface area contributed by atoms with Crippen LogP contribution < -0.4 is 30.7 Å². The van der Waals surface area contributed by atoms with Crippen molar-refractivity contribution in [1.29, 1.82) is 0 Å². The second-order valence-corrected chi connectivity index (χ2v) is 15.7. The van der Waals surface area contributed by atoms with E-state index in [4.69, 9.17) is 9.47 Å². The molecule has 0 saturated carbocycles. The van der Waals surface area contributed by atoms with Crippen LogP contribution in [0.15, 0.2) is 164 Å². The van der Waals surface area contributed by atoms with E-state index in [2.05, 4.69) is 21.3 Å². The number of hydrogen-bond acceptors (Lipinski definition) is 7. The first-order valence-corrected chi connectivity index (χ1v) is 21.2. The van der Waals surface area contributed by atoms with Crippen LogP contribution in [0.3, 0.4) is 0 Å². The van der Waals surface area contributed by atoms with Crippen molar-refractivity contribution in [1.82, 2.24) is 21.3 Å². The van der Waals surface area contributed by atoms with Crippen LogP contribution in [0.1, 0.15) is 34.2 Å². The van der Waals surface area contributed by atoms with Gasteiger partial charge in [-0.1, -0.05) is 140 Å². The van der Waals surface area contributed by atoms with Gasteiger partial charge in [-0.15, -0.1) is 0 Å². The molecule has 326 valence electrons. The number of benzene rings is 6. The summed E-state index contributed by atoms with van der Waals surface area (Å²) >= 11 is 0. The molecule has 8 rings (SSSR count). The maximum Gasteiger partial charge on any atom is 0.326 e. The maximum atomic E-state index is 14.5. The highest BCUT2D eigenvalue weighted by Crippen LogP contribution is 2.21. The summed E-state index contributed by atoms with van der Waals surface area (Å²) < 4.78 is 11.7. The minimum absolute atomic E-state index is 0.0304. The van der Waals surface area contributed by atoms with E-state index >= 15 is 0 Å². The molecule has 4 amide bonds. The van der Waals surface area contributed by atoms with Gasteiger partial charge in [-0.05, 0) is 76.1 Å². The Bertz CT molecular complexity index is 2480. The number of rotatable bonds is 12. The third-order valence-electron chi connectivity index (χ3n) is 10.9. The average molecular weight is 859 g/mol. The molecule has 0 radical (unpaired) electrons. The number of carboxylic acids is 1. The monoisotopic (exact) mass is 858 g/mol. The summed E-state index contributed by atoms with van der Waals surface area (Å²) in [6, 6.07) is 45.4. The van der Waals surface area contributed by atoms with E-state index in [9.17, 15) is 29.1 Å². The van der Waals surface area contributed by atoms with Gasteiger partial charge in [0.1, 0.15) is 42.3 Å². The Labute approximate surface area is 372 Å². The van der Waals surface area contributed by atoms with Crippen LogP contribution in [0.2, 0.25) is 0 Å². The van der Waals surface area contributed by atoms with Crippen molar-refractivity contribution in [2.45, 2.75) is 62.9 Å². The standard InChI is InChI=1S/C52H50N4O8/c57-48-34-64-43-27-20-38(21-28-43)32-47(52(61)62)56-49(58)44(29-22-35-10-4-1-5-11-35)54-51(60)46(31-36-16-23-41(24-17-36)40-14-8-3-9-15-40)55-50(59)45(53-48)30-37-18-25-42(26-19-37)63-33-39-12-6-2-7-13-39/h1-21,23-28,44-47H,22,29-34H2,(H,53,57)(H,54,60)(H,55,59)(H,56,58)(H,61,62)/t44-,45-,46+,47-/m0/s1. The van der Waals surface area contributed by atoms with Gasteiger partial charge in [-0.3, -0.25) is 19.2 Å². The third-order valence-corrected chi connectivity index (χ3v) is 10.9. The van der Waals surface area contributed by atoms with Gasteiger partial charge >= 0.3 is 5.97 Å². The topological polar surface area (TPSA) is 172 Å².